The van der Waals surface area contributed by atoms with E-state index in [1.54, 1.807) is 0 Å². The fourth-order valence-electron chi connectivity index (χ4n) is 2.23. The van der Waals surface area contributed by atoms with E-state index in [2.05, 4.69) is 20.9 Å². The summed E-state index contributed by atoms with van der Waals surface area (Å²) in [5, 5.41) is 10.8. The van der Waals surface area contributed by atoms with Crippen LogP contribution in [0.1, 0.15) is 12.6 Å². The normalized spacial score (nSPS) is 24.5. The van der Waals surface area contributed by atoms with Gasteiger partial charge in [-0.05, 0) is 28.1 Å². The van der Waals surface area contributed by atoms with Gasteiger partial charge < -0.3 is 14.6 Å². The molecule has 0 aromatic carbocycles. The summed E-state index contributed by atoms with van der Waals surface area (Å²) in [7, 11) is 0. The molecular weight excluding hydrogens is 376 g/mol. The molecule has 0 amide bonds. The summed E-state index contributed by atoms with van der Waals surface area (Å²) in [5.41, 5.74) is -1.03. The van der Waals surface area contributed by atoms with Crippen molar-refractivity contribution in [3.63, 3.8) is 0 Å². The van der Waals surface area contributed by atoms with E-state index >= 15 is 0 Å². The second kappa shape index (κ2) is 6.37. The molecule has 0 saturated carbocycles. The van der Waals surface area contributed by atoms with Crippen LogP contribution in [0.15, 0.2) is 37.8 Å². The number of hydrogen-bond donors (Lipinski definition) is 2. The van der Waals surface area contributed by atoms with Gasteiger partial charge in [-0.15, -0.1) is 0 Å². The zero-order valence-corrected chi connectivity index (χ0v) is 13.7. The number of aromatic amines is 1. The van der Waals surface area contributed by atoms with E-state index in [-0.39, 0.29) is 13.0 Å². The van der Waals surface area contributed by atoms with Crippen molar-refractivity contribution in [2.75, 3.05) is 6.61 Å². The first-order valence-corrected chi connectivity index (χ1v) is 8.17. The molecule has 0 bridgehead atoms. The molecule has 3 heterocycles. The molecular formula is C13H13BrN2O5S. The van der Waals surface area contributed by atoms with Crippen molar-refractivity contribution >= 4 is 27.3 Å². The van der Waals surface area contributed by atoms with E-state index in [0.29, 0.717) is 5.06 Å². The molecule has 1 saturated heterocycles. The quantitative estimate of drug-likeness (QED) is 0.817. The number of rotatable bonds is 4. The number of nitrogens with zero attached hydrogens (tertiary/aromatic N) is 1. The predicted octanol–water partition coefficient (Wildman–Crippen LogP) is 1.09. The van der Waals surface area contributed by atoms with Crippen molar-refractivity contribution < 1.29 is 14.6 Å². The summed E-state index contributed by atoms with van der Waals surface area (Å²) < 4.78 is 13.4. The van der Waals surface area contributed by atoms with Crippen LogP contribution in [-0.4, -0.2) is 33.5 Å². The van der Waals surface area contributed by atoms with Crippen LogP contribution in [0, 0.1) is 0 Å². The minimum Gasteiger partial charge on any atom is -0.481 e. The highest BCUT2D eigenvalue weighted by atomic mass is 79.9. The smallest absolute Gasteiger partial charge is 0.330 e. The van der Waals surface area contributed by atoms with Crippen LogP contribution in [0.2, 0.25) is 0 Å². The molecule has 1 aliphatic rings. The van der Waals surface area contributed by atoms with Crippen LogP contribution in [0.5, 0.6) is 5.06 Å². The Bertz CT molecular complexity index is 770. The molecule has 3 atom stereocenters. The number of aromatic nitrogens is 2. The summed E-state index contributed by atoms with van der Waals surface area (Å²) >= 11 is 4.78. The van der Waals surface area contributed by atoms with E-state index in [1.807, 2.05) is 12.1 Å². The molecule has 0 spiro atoms. The average Bonchev–Trinajstić information content (AvgIpc) is 3.03. The molecule has 9 heteroatoms. The van der Waals surface area contributed by atoms with Crippen LogP contribution >= 0.6 is 27.3 Å². The lowest BCUT2D eigenvalue weighted by atomic mass is 10.2. The number of aliphatic hydroxyl groups excluding tert-OH is 1. The van der Waals surface area contributed by atoms with E-state index in [9.17, 15) is 14.7 Å². The van der Waals surface area contributed by atoms with Gasteiger partial charge in [0.15, 0.2) is 5.06 Å². The van der Waals surface area contributed by atoms with Gasteiger partial charge in [0.05, 0.1) is 9.89 Å². The van der Waals surface area contributed by atoms with Gasteiger partial charge in [-0.3, -0.25) is 14.3 Å². The van der Waals surface area contributed by atoms with Gasteiger partial charge in [0.1, 0.15) is 18.9 Å². The molecule has 0 radical (unpaired) electrons. The van der Waals surface area contributed by atoms with Crippen molar-refractivity contribution in [1.82, 2.24) is 9.55 Å². The second-order valence-electron chi connectivity index (χ2n) is 4.82. The third-order valence-corrected chi connectivity index (χ3v) is 4.84. The summed E-state index contributed by atoms with van der Waals surface area (Å²) in [5.74, 6) is 0. The van der Waals surface area contributed by atoms with Gasteiger partial charge in [-0.2, -0.15) is 0 Å². The summed E-state index contributed by atoms with van der Waals surface area (Å²) in [6, 6.07) is 4.93. The number of halogens is 1. The number of aliphatic hydroxyl groups is 1. The third kappa shape index (κ3) is 3.32. The highest BCUT2D eigenvalue weighted by Crippen LogP contribution is 2.31. The van der Waals surface area contributed by atoms with Gasteiger partial charge in [-0.1, -0.05) is 11.3 Å². The number of H-pyrrole nitrogens is 1. The lowest BCUT2D eigenvalue weighted by molar-refractivity contribution is -0.0404. The molecule has 1 fully saturated rings. The van der Waals surface area contributed by atoms with Gasteiger partial charge in [0, 0.05) is 18.7 Å². The monoisotopic (exact) mass is 388 g/mol. The molecule has 0 aliphatic carbocycles. The second-order valence-corrected chi connectivity index (χ2v) is 7.24. The van der Waals surface area contributed by atoms with E-state index < -0.39 is 29.7 Å². The zero-order valence-electron chi connectivity index (χ0n) is 11.3. The van der Waals surface area contributed by atoms with Crippen LogP contribution in [0.25, 0.3) is 0 Å². The molecule has 7 nitrogen and oxygen atoms in total. The number of thiophene rings is 1. The van der Waals surface area contributed by atoms with E-state index in [1.165, 1.54) is 28.2 Å². The topological polar surface area (TPSA) is 93.6 Å². The van der Waals surface area contributed by atoms with E-state index in [0.717, 1.165) is 3.79 Å². The number of ether oxygens (including phenoxy) is 2. The molecule has 2 aromatic heterocycles. The Morgan fingerprint density at radius 2 is 2.27 bits per heavy atom. The maximum Gasteiger partial charge on any atom is 0.330 e. The lowest BCUT2D eigenvalue weighted by Gasteiger charge is -2.16. The maximum atomic E-state index is 11.7. The van der Waals surface area contributed by atoms with Crippen LogP contribution in [0.4, 0.5) is 0 Å². The largest absolute Gasteiger partial charge is 0.481 e. The lowest BCUT2D eigenvalue weighted by Crippen LogP contribution is -2.32. The fourth-order valence-corrected chi connectivity index (χ4v) is 3.43. The molecule has 2 aromatic rings. The van der Waals surface area contributed by atoms with Crippen LogP contribution in [-0.2, 0) is 4.74 Å². The maximum absolute atomic E-state index is 11.7. The summed E-state index contributed by atoms with van der Waals surface area (Å²) in [4.78, 5) is 25.0. The van der Waals surface area contributed by atoms with Crippen LogP contribution in [0.3, 0.4) is 0 Å². The Hall–Kier alpha value is -1.42. The molecule has 118 valence electrons. The standard InChI is InChI=1S/C13H13BrN2O5S/c14-9-1-2-12(22-9)20-6-8-7(17)5-11(21-8)16-4-3-10(18)15-13(16)19/h1-4,7-8,11,17H,5-6H2,(H,15,18,19)/t7-,8+,11+/m0/s1. The Labute approximate surface area is 137 Å². The minimum atomic E-state index is -0.743. The first-order chi connectivity index (χ1) is 10.5. The first-order valence-electron chi connectivity index (χ1n) is 6.56. The third-order valence-electron chi connectivity index (χ3n) is 3.30. The fraction of sp³-hybridized carbons (Fsp3) is 0.385. The van der Waals surface area contributed by atoms with Crippen molar-refractivity contribution in [1.29, 1.82) is 0 Å². The van der Waals surface area contributed by atoms with E-state index in [4.69, 9.17) is 9.47 Å². The Balaban J connectivity index is 1.66. The zero-order chi connectivity index (χ0) is 15.7. The molecule has 2 N–H and O–H groups in total. The van der Waals surface area contributed by atoms with Crippen molar-refractivity contribution in [2.45, 2.75) is 24.9 Å². The molecule has 22 heavy (non-hydrogen) atoms. The summed E-state index contributed by atoms with van der Waals surface area (Å²) in [6.45, 7) is 0.183. The highest BCUT2D eigenvalue weighted by Gasteiger charge is 2.36. The van der Waals surface area contributed by atoms with Gasteiger partial charge in [-0.25, -0.2) is 4.79 Å². The number of nitrogens with one attached hydrogen (secondary N) is 1. The summed E-state index contributed by atoms with van der Waals surface area (Å²) in [6.07, 6.45) is -0.285. The highest BCUT2D eigenvalue weighted by molar-refractivity contribution is 9.11. The predicted molar refractivity (Wildman–Crippen MR) is 83.4 cm³/mol. The Morgan fingerprint density at radius 1 is 1.45 bits per heavy atom. The average molecular weight is 389 g/mol. The number of hydrogen-bond acceptors (Lipinski definition) is 6. The molecule has 0 unspecified atom stereocenters. The van der Waals surface area contributed by atoms with Crippen molar-refractivity contribution in [3.8, 4) is 5.06 Å². The van der Waals surface area contributed by atoms with Crippen LogP contribution < -0.4 is 16.0 Å². The molecule has 1 aliphatic heterocycles. The SMILES string of the molecule is O=c1ccn([C@H]2C[C@H](O)[C@@H](COc3ccc(Br)s3)O2)c(=O)[nH]1. The van der Waals surface area contributed by atoms with Gasteiger partial charge in [0.2, 0.25) is 0 Å². The Morgan fingerprint density at radius 3 is 2.95 bits per heavy atom. The first kappa shape index (κ1) is 15.5. The minimum absolute atomic E-state index is 0.183. The van der Waals surface area contributed by atoms with Gasteiger partial charge in [0.25, 0.3) is 5.56 Å². The molecule has 3 rings (SSSR count). The van der Waals surface area contributed by atoms with Gasteiger partial charge >= 0.3 is 5.69 Å². The van der Waals surface area contributed by atoms with Crippen molar-refractivity contribution in [2.24, 2.45) is 0 Å². The van der Waals surface area contributed by atoms with Crippen molar-refractivity contribution in [3.05, 3.63) is 49.0 Å². The Kier molecular flexibility index (Phi) is 4.48.